The normalized spacial score (nSPS) is 10.6. The number of ether oxygens (including phenoxy) is 2. The number of hydrogen-bond donors (Lipinski definition) is 0. The number of carbonyl (C=O) groups is 1. The first-order valence-corrected chi connectivity index (χ1v) is 7.20. The third-order valence-electron chi connectivity index (χ3n) is 3.00. The molecular weight excluding hydrogens is 278 g/mol. The van der Waals surface area contributed by atoms with E-state index in [0.717, 1.165) is 23.4 Å². The summed E-state index contributed by atoms with van der Waals surface area (Å²) in [7, 11) is 1.63. The van der Waals surface area contributed by atoms with Crippen LogP contribution in [-0.4, -0.2) is 19.3 Å². The maximum absolute atomic E-state index is 11.4. The minimum atomic E-state index is -0.206. The van der Waals surface area contributed by atoms with E-state index < -0.39 is 0 Å². The molecule has 0 saturated heterocycles. The van der Waals surface area contributed by atoms with Gasteiger partial charge in [-0.1, -0.05) is 6.92 Å². The summed E-state index contributed by atoms with van der Waals surface area (Å²) in [4.78, 5) is 15.8. The third kappa shape index (κ3) is 4.74. The summed E-state index contributed by atoms with van der Waals surface area (Å²) in [5.74, 6) is 1.15. The van der Waals surface area contributed by atoms with Gasteiger partial charge in [0.2, 0.25) is 0 Å². The second kappa shape index (κ2) is 7.98. The molecule has 0 aliphatic heterocycles. The van der Waals surface area contributed by atoms with Gasteiger partial charge in [-0.05, 0) is 60.5 Å². The van der Waals surface area contributed by atoms with E-state index in [4.69, 9.17) is 9.47 Å². The fourth-order valence-corrected chi connectivity index (χ4v) is 1.83. The van der Waals surface area contributed by atoms with Crippen molar-refractivity contribution in [3.8, 4) is 11.5 Å². The lowest BCUT2D eigenvalue weighted by molar-refractivity contribution is -0.134. The molecule has 0 heterocycles. The monoisotopic (exact) mass is 297 g/mol. The van der Waals surface area contributed by atoms with Crippen molar-refractivity contribution in [2.45, 2.75) is 19.8 Å². The van der Waals surface area contributed by atoms with E-state index in [9.17, 15) is 4.79 Å². The summed E-state index contributed by atoms with van der Waals surface area (Å²) in [5, 5.41) is 0. The Balaban J connectivity index is 1.97. The molecule has 0 atom stereocenters. The summed E-state index contributed by atoms with van der Waals surface area (Å²) in [6.07, 6.45) is 2.98. The molecule has 0 N–H and O–H groups in total. The molecule has 4 heteroatoms. The van der Waals surface area contributed by atoms with Gasteiger partial charge in [0.1, 0.15) is 11.5 Å². The van der Waals surface area contributed by atoms with Crippen molar-refractivity contribution >= 4 is 17.9 Å². The summed E-state index contributed by atoms with van der Waals surface area (Å²) < 4.78 is 10.3. The Labute approximate surface area is 130 Å². The Morgan fingerprint density at radius 1 is 1.05 bits per heavy atom. The number of nitrogens with zero attached hydrogens (tertiary/aromatic N) is 1. The molecule has 22 heavy (non-hydrogen) atoms. The van der Waals surface area contributed by atoms with Crippen LogP contribution in [0.15, 0.2) is 53.5 Å². The van der Waals surface area contributed by atoms with E-state index in [-0.39, 0.29) is 5.97 Å². The number of benzene rings is 2. The van der Waals surface area contributed by atoms with Crippen LogP contribution in [0, 0.1) is 0 Å². The highest BCUT2D eigenvalue weighted by Gasteiger charge is 2.02. The van der Waals surface area contributed by atoms with E-state index >= 15 is 0 Å². The largest absolute Gasteiger partial charge is 0.497 e. The summed E-state index contributed by atoms with van der Waals surface area (Å²) in [6.45, 7) is 1.94. The van der Waals surface area contributed by atoms with Crippen molar-refractivity contribution in [1.29, 1.82) is 0 Å². The Morgan fingerprint density at radius 2 is 1.68 bits per heavy atom. The van der Waals surface area contributed by atoms with Gasteiger partial charge in [-0.2, -0.15) is 0 Å². The molecule has 0 radical (unpaired) electrons. The van der Waals surface area contributed by atoms with Gasteiger partial charge in [-0.3, -0.25) is 9.79 Å². The molecule has 0 fully saturated rings. The standard InChI is InChI=1S/C18H19NO3/c1-3-4-18(20)22-17-9-5-14(6-10-17)13-19-15-7-11-16(21-2)12-8-15/h5-13H,3-4H2,1-2H3. The zero-order valence-electron chi connectivity index (χ0n) is 12.8. The highest BCUT2D eigenvalue weighted by atomic mass is 16.5. The van der Waals surface area contributed by atoms with Gasteiger partial charge in [0.15, 0.2) is 0 Å². The average Bonchev–Trinajstić information content (AvgIpc) is 2.55. The number of carbonyl (C=O) groups excluding carboxylic acids is 1. The fraction of sp³-hybridized carbons (Fsp3) is 0.222. The Morgan fingerprint density at radius 3 is 2.27 bits per heavy atom. The van der Waals surface area contributed by atoms with Crippen LogP contribution in [0.4, 0.5) is 5.69 Å². The van der Waals surface area contributed by atoms with Gasteiger partial charge >= 0.3 is 5.97 Å². The molecule has 0 aliphatic carbocycles. The molecular formula is C18H19NO3. The van der Waals surface area contributed by atoms with E-state index in [1.54, 1.807) is 25.5 Å². The van der Waals surface area contributed by atoms with E-state index in [1.807, 2.05) is 43.3 Å². The smallest absolute Gasteiger partial charge is 0.311 e. The Kier molecular flexibility index (Phi) is 5.72. The van der Waals surface area contributed by atoms with Crippen LogP contribution in [0.1, 0.15) is 25.3 Å². The molecule has 0 amide bonds. The number of methoxy groups -OCH3 is 1. The minimum absolute atomic E-state index is 0.206. The molecule has 0 aromatic heterocycles. The maximum atomic E-state index is 11.4. The zero-order valence-corrected chi connectivity index (χ0v) is 12.8. The topological polar surface area (TPSA) is 47.9 Å². The van der Waals surface area contributed by atoms with Crippen molar-refractivity contribution in [2.75, 3.05) is 7.11 Å². The van der Waals surface area contributed by atoms with E-state index in [1.165, 1.54) is 0 Å². The van der Waals surface area contributed by atoms with E-state index in [0.29, 0.717) is 12.2 Å². The van der Waals surface area contributed by atoms with Crippen molar-refractivity contribution in [1.82, 2.24) is 0 Å². The number of hydrogen-bond acceptors (Lipinski definition) is 4. The van der Waals surface area contributed by atoms with Gasteiger partial charge in [-0.15, -0.1) is 0 Å². The van der Waals surface area contributed by atoms with Gasteiger partial charge in [0.25, 0.3) is 0 Å². The van der Waals surface area contributed by atoms with Gasteiger partial charge in [-0.25, -0.2) is 0 Å². The first-order valence-electron chi connectivity index (χ1n) is 7.20. The molecule has 114 valence electrons. The van der Waals surface area contributed by atoms with Crippen molar-refractivity contribution in [2.24, 2.45) is 4.99 Å². The van der Waals surface area contributed by atoms with Gasteiger partial charge < -0.3 is 9.47 Å². The van der Waals surface area contributed by atoms with Gasteiger partial charge in [0.05, 0.1) is 12.8 Å². The zero-order chi connectivity index (χ0) is 15.8. The van der Waals surface area contributed by atoms with Crippen LogP contribution in [0.3, 0.4) is 0 Å². The average molecular weight is 297 g/mol. The summed E-state index contributed by atoms with van der Waals surface area (Å²) in [6, 6.07) is 14.8. The molecule has 0 unspecified atom stereocenters. The summed E-state index contributed by atoms with van der Waals surface area (Å²) >= 11 is 0. The molecule has 0 spiro atoms. The molecule has 2 rings (SSSR count). The van der Waals surface area contributed by atoms with Crippen LogP contribution in [0.2, 0.25) is 0 Å². The molecule has 0 aliphatic rings. The minimum Gasteiger partial charge on any atom is -0.497 e. The molecule has 2 aromatic rings. The van der Waals surface area contributed by atoms with Crippen molar-refractivity contribution in [3.63, 3.8) is 0 Å². The lowest BCUT2D eigenvalue weighted by atomic mass is 10.2. The Hall–Kier alpha value is -2.62. The number of esters is 1. The number of rotatable bonds is 6. The SMILES string of the molecule is CCCC(=O)Oc1ccc(C=Nc2ccc(OC)cc2)cc1. The van der Waals surface area contributed by atoms with Crippen LogP contribution in [-0.2, 0) is 4.79 Å². The van der Waals surface area contributed by atoms with Crippen molar-refractivity contribution < 1.29 is 14.3 Å². The Bertz CT molecular complexity index is 630. The van der Waals surface area contributed by atoms with Crippen molar-refractivity contribution in [3.05, 3.63) is 54.1 Å². The molecule has 2 aromatic carbocycles. The first kappa shape index (κ1) is 15.8. The second-order valence-corrected chi connectivity index (χ2v) is 4.75. The highest BCUT2D eigenvalue weighted by molar-refractivity contribution is 5.82. The molecule has 0 bridgehead atoms. The highest BCUT2D eigenvalue weighted by Crippen LogP contribution is 2.18. The van der Waals surface area contributed by atoms with E-state index in [2.05, 4.69) is 4.99 Å². The first-order chi connectivity index (χ1) is 10.7. The van der Waals surface area contributed by atoms with Crippen LogP contribution in [0.5, 0.6) is 11.5 Å². The predicted molar refractivity (Wildman–Crippen MR) is 87.2 cm³/mol. The van der Waals surface area contributed by atoms with Crippen LogP contribution >= 0.6 is 0 Å². The lowest BCUT2D eigenvalue weighted by Crippen LogP contribution is -2.06. The lowest BCUT2D eigenvalue weighted by Gasteiger charge is -2.03. The molecule has 4 nitrogen and oxygen atoms in total. The van der Waals surface area contributed by atoms with Crippen LogP contribution < -0.4 is 9.47 Å². The third-order valence-corrected chi connectivity index (χ3v) is 3.00. The second-order valence-electron chi connectivity index (χ2n) is 4.75. The summed E-state index contributed by atoms with van der Waals surface area (Å²) in [5.41, 5.74) is 1.78. The number of aliphatic imine (C=N–C) groups is 1. The van der Waals surface area contributed by atoms with Gasteiger partial charge in [0, 0.05) is 12.6 Å². The van der Waals surface area contributed by atoms with Crippen LogP contribution in [0.25, 0.3) is 0 Å². The quantitative estimate of drug-likeness (QED) is 0.457. The molecule has 0 saturated carbocycles. The fourth-order valence-electron chi connectivity index (χ4n) is 1.83. The predicted octanol–water partition coefficient (Wildman–Crippen LogP) is 4.15. The maximum Gasteiger partial charge on any atom is 0.311 e.